The number of anilines is 1. The van der Waals surface area contributed by atoms with Crippen LogP contribution in [0.2, 0.25) is 0 Å². The van der Waals surface area contributed by atoms with E-state index in [1.54, 1.807) is 0 Å². The van der Waals surface area contributed by atoms with Gasteiger partial charge in [-0.1, -0.05) is 72.8 Å². The second kappa shape index (κ2) is 8.15. The molecule has 3 aromatic carbocycles. The molecule has 3 aromatic rings. The summed E-state index contributed by atoms with van der Waals surface area (Å²) in [5, 5.41) is 6.77. The number of nitrogens with zero attached hydrogens (tertiary/aromatic N) is 1. The van der Waals surface area contributed by atoms with Crippen molar-refractivity contribution in [1.82, 2.24) is 10.2 Å². The van der Waals surface area contributed by atoms with E-state index in [0.717, 1.165) is 22.4 Å². The fourth-order valence-electron chi connectivity index (χ4n) is 4.89. The number of aryl methyl sites for hydroxylation is 1. The second-order valence-electron chi connectivity index (χ2n) is 8.74. The lowest BCUT2D eigenvalue weighted by molar-refractivity contribution is -0.133. The zero-order valence-corrected chi connectivity index (χ0v) is 18.2. The number of carbonyl (C=O) groups is 2. The third-order valence-corrected chi connectivity index (χ3v) is 6.68. The number of para-hydroxylation sites is 1. The van der Waals surface area contributed by atoms with E-state index < -0.39 is 5.66 Å². The molecule has 1 saturated heterocycles. The molecule has 2 heterocycles. The van der Waals surface area contributed by atoms with Crippen molar-refractivity contribution in [1.29, 1.82) is 0 Å². The van der Waals surface area contributed by atoms with Crippen LogP contribution in [-0.4, -0.2) is 35.5 Å². The molecule has 0 aromatic heterocycles. The summed E-state index contributed by atoms with van der Waals surface area (Å²) >= 11 is 0. The number of fused-ring (bicyclic) bond motifs is 1. The SMILES string of the molecule is Cc1cccc2c1NC1(CCN(C(=O)C(c3ccccc3)c3ccccc3)CC1)NC2=O. The molecule has 0 unspecified atom stereocenters. The zero-order valence-electron chi connectivity index (χ0n) is 18.2. The van der Waals surface area contributed by atoms with Gasteiger partial charge in [0.15, 0.2) is 0 Å². The molecule has 0 radical (unpaired) electrons. The van der Waals surface area contributed by atoms with E-state index in [0.29, 0.717) is 31.5 Å². The van der Waals surface area contributed by atoms with Crippen LogP contribution in [0.5, 0.6) is 0 Å². The van der Waals surface area contributed by atoms with Crippen molar-refractivity contribution in [3.8, 4) is 0 Å². The van der Waals surface area contributed by atoms with Crippen molar-refractivity contribution in [3.05, 3.63) is 101 Å². The van der Waals surface area contributed by atoms with E-state index >= 15 is 0 Å². The first-order chi connectivity index (χ1) is 15.6. The van der Waals surface area contributed by atoms with Crippen molar-refractivity contribution in [3.63, 3.8) is 0 Å². The smallest absolute Gasteiger partial charge is 0.255 e. The maximum absolute atomic E-state index is 13.7. The number of hydrogen-bond donors (Lipinski definition) is 2. The van der Waals surface area contributed by atoms with Crippen LogP contribution >= 0.6 is 0 Å². The molecule has 0 atom stereocenters. The Kier molecular flexibility index (Phi) is 5.17. The Bertz CT molecular complexity index is 1100. The largest absolute Gasteiger partial charge is 0.362 e. The molecule has 0 bridgehead atoms. The molecule has 0 aliphatic carbocycles. The summed E-state index contributed by atoms with van der Waals surface area (Å²) in [5.74, 6) is -0.270. The number of carbonyl (C=O) groups excluding carboxylic acids is 2. The van der Waals surface area contributed by atoms with Crippen molar-refractivity contribution < 1.29 is 9.59 Å². The second-order valence-corrected chi connectivity index (χ2v) is 8.74. The third-order valence-electron chi connectivity index (χ3n) is 6.68. The van der Waals surface area contributed by atoms with E-state index in [2.05, 4.69) is 10.6 Å². The molecule has 2 aliphatic rings. The van der Waals surface area contributed by atoms with Crippen molar-refractivity contribution >= 4 is 17.5 Å². The Hall–Kier alpha value is -3.60. The molecule has 0 saturated carbocycles. The molecule has 162 valence electrons. The molecule has 32 heavy (non-hydrogen) atoms. The first kappa shape index (κ1) is 20.3. The van der Waals surface area contributed by atoms with Crippen LogP contribution < -0.4 is 10.6 Å². The first-order valence-electron chi connectivity index (χ1n) is 11.2. The summed E-state index contributed by atoms with van der Waals surface area (Å²) < 4.78 is 0. The maximum atomic E-state index is 13.7. The molecule has 5 rings (SSSR count). The van der Waals surface area contributed by atoms with Gasteiger partial charge in [-0.25, -0.2) is 0 Å². The topological polar surface area (TPSA) is 61.4 Å². The molecule has 2 N–H and O–H groups in total. The minimum Gasteiger partial charge on any atom is -0.362 e. The van der Waals surface area contributed by atoms with Gasteiger partial charge in [0.2, 0.25) is 5.91 Å². The van der Waals surface area contributed by atoms with Gasteiger partial charge in [-0.05, 0) is 29.7 Å². The normalized spacial score (nSPS) is 16.9. The van der Waals surface area contributed by atoms with Crippen molar-refractivity contribution in [2.45, 2.75) is 31.3 Å². The summed E-state index contributed by atoms with van der Waals surface area (Å²) in [6.07, 6.45) is 1.32. The van der Waals surface area contributed by atoms with Crippen LogP contribution in [0, 0.1) is 6.92 Å². The fourth-order valence-corrected chi connectivity index (χ4v) is 4.89. The minimum absolute atomic E-state index is 0.0475. The Balaban J connectivity index is 1.37. The molecule has 1 fully saturated rings. The molecule has 1 spiro atoms. The van der Waals surface area contributed by atoms with E-state index in [1.165, 1.54) is 0 Å². The average Bonchev–Trinajstić information content (AvgIpc) is 2.82. The highest BCUT2D eigenvalue weighted by Crippen LogP contribution is 2.35. The standard InChI is InChI=1S/C27H27N3O2/c1-19-9-8-14-22-24(19)28-27(29-25(22)31)15-17-30(18-16-27)26(32)23(20-10-4-2-5-11-20)21-12-6-3-7-13-21/h2-14,23,28H,15-18H2,1H3,(H,29,31). The van der Waals surface area contributed by atoms with Crippen LogP contribution in [0.3, 0.4) is 0 Å². The van der Waals surface area contributed by atoms with Gasteiger partial charge < -0.3 is 15.5 Å². The Labute approximate surface area is 188 Å². The quantitative estimate of drug-likeness (QED) is 0.658. The lowest BCUT2D eigenvalue weighted by atomic mass is 9.87. The van der Waals surface area contributed by atoms with Gasteiger partial charge in [-0.15, -0.1) is 0 Å². The van der Waals surface area contributed by atoms with Crippen LogP contribution in [0.25, 0.3) is 0 Å². The highest BCUT2D eigenvalue weighted by molar-refractivity contribution is 6.03. The summed E-state index contributed by atoms with van der Waals surface area (Å²) in [4.78, 5) is 28.4. The van der Waals surface area contributed by atoms with Crippen molar-refractivity contribution in [2.24, 2.45) is 0 Å². The van der Waals surface area contributed by atoms with Gasteiger partial charge in [0.1, 0.15) is 5.66 Å². The maximum Gasteiger partial charge on any atom is 0.255 e. The number of rotatable bonds is 3. The van der Waals surface area contributed by atoms with Gasteiger partial charge in [-0.2, -0.15) is 0 Å². The zero-order chi connectivity index (χ0) is 22.1. The van der Waals surface area contributed by atoms with E-state index in [1.807, 2.05) is 90.7 Å². The first-order valence-corrected chi connectivity index (χ1v) is 11.2. The van der Waals surface area contributed by atoms with Crippen LogP contribution in [0.1, 0.15) is 45.8 Å². The number of benzene rings is 3. The summed E-state index contributed by atoms with van der Waals surface area (Å²) in [6.45, 7) is 3.19. The predicted molar refractivity (Wildman–Crippen MR) is 126 cm³/mol. The van der Waals surface area contributed by atoms with E-state index in [4.69, 9.17) is 0 Å². The lowest BCUT2D eigenvalue weighted by Gasteiger charge is -2.46. The number of piperidine rings is 1. The summed E-state index contributed by atoms with van der Waals surface area (Å²) in [5.41, 5.74) is 4.13. The fraction of sp³-hybridized carbons (Fsp3) is 0.259. The Morgan fingerprint density at radius 1 is 0.844 bits per heavy atom. The highest BCUT2D eigenvalue weighted by Gasteiger charge is 2.42. The van der Waals surface area contributed by atoms with Crippen LogP contribution in [0.4, 0.5) is 5.69 Å². The molecule has 5 nitrogen and oxygen atoms in total. The van der Waals surface area contributed by atoms with E-state index in [9.17, 15) is 9.59 Å². The number of nitrogens with one attached hydrogen (secondary N) is 2. The van der Waals surface area contributed by atoms with Gasteiger partial charge in [-0.3, -0.25) is 9.59 Å². The summed E-state index contributed by atoms with van der Waals surface area (Å²) in [6, 6.07) is 25.7. The van der Waals surface area contributed by atoms with E-state index in [-0.39, 0.29) is 17.7 Å². The summed E-state index contributed by atoms with van der Waals surface area (Å²) in [7, 11) is 0. The number of hydrogen-bond acceptors (Lipinski definition) is 3. The minimum atomic E-state index is -0.512. The molecule has 2 aliphatic heterocycles. The van der Waals surface area contributed by atoms with Crippen LogP contribution in [-0.2, 0) is 4.79 Å². The molecular formula is C27H27N3O2. The number of likely N-dealkylation sites (tertiary alicyclic amines) is 1. The average molecular weight is 426 g/mol. The molecule has 5 heteroatoms. The lowest BCUT2D eigenvalue weighted by Crippen LogP contribution is -2.63. The van der Waals surface area contributed by atoms with Gasteiger partial charge in [0.05, 0.1) is 17.2 Å². The highest BCUT2D eigenvalue weighted by atomic mass is 16.2. The van der Waals surface area contributed by atoms with Gasteiger partial charge in [0.25, 0.3) is 5.91 Å². The number of amides is 2. The Morgan fingerprint density at radius 2 is 1.44 bits per heavy atom. The Morgan fingerprint density at radius 3 is 2.03 bits per heavy atom. The molecular weight excluding hydrogens is 398 g/mol. The van der Waals surface area contributed by atoms with Gasteiger partial charge >= 0.3 is 0 Å². The van der Waals surface area contributed by atoms with Crippen molar-refractivity contribution in [2.75, 3.05) is 18.4 Å². The van der Waals surface area contributed by atoms with Gasteiger partial charge in [0, 0.05) is 25.9 Å². The third kappa shape index (κ3) is 3.64. The van der Waals surface area contributed by atoms with Crippen LogP contribution in [0.15, 0.2) is 78.9 Å². The predicted octanol–water partition coefficient (Wildman–Crippen LogP) is 4.30. The molecule has 2 amide bonds. The monoisotopic (exact) mass is 425 g/mol.